The molecule has 0 aliphatic carbocycles. The van der Waals surface area contributed by atoms with Gasteiger partial charge in [0.1, 0.15) is 11.6 Å². The van der Waals surface area contributed by atoms with Crippen LogP contribution in [0.15, 0.2) is 119 Å². The van der Waals surface area contributed by atoms with Gasteiger partial charge in [0.2, 0.25) is 0 Å². The van der Waals surface area contributed by atoms with Crippen molar-refractivity contribution in [3.8, 4) is 11.6 Å². The topological polar surface area (TPSA) is 35.6 Å². The van der Waals surface area contributed by atoms with Crippen LogP contribution in [0.5, 0.6) is 0 Å². The van der Waals surface area contributed by atoms with Crippen molar-refractivity contribution in [3.63, 3.8) is 0 Å². The highest BCUT2D eigenvalue weighted by Crippen LogP contribution is 2.40. The number of aromatic nitrogens is 4. The monoisotopic (exact) mass is 742 g/mol. The summed E-state index contributed by atoms with van der Waals surface area (Å²) in [7, 11) is 0. The average molecular weight is 743 g/mol. The largest absolute Gasteiger partial charge is 0.294 e. The van der Waals surface area contributed by atoms with Crippen LogP contribution in [0.1, 0.15) is 105 Å². The van der Waals surface area contributed by atoms with Gasteiger partial charge in [-0.2, -0.15) is 0 Å². The maximum absolute atomic E-state index is 5.05. The fourth-order valence-corrected chi connectivity index (χ4v) is 8.43. The molecule has 4 nitrogen and oxygen atoms in total. The molecule has 8 rings (SSSR count). The summed E-state index contributed by atoms with van der Waals surface area (Å²) >= 11 is 1.69. The zero-order chi connectivity index (χ0) is 39.2. The molecule has 280 valence electrons. The smallest absolute Gasteiger partial charge is 0.137 e. The number of hydrogen-bond donors (Lipinski definition) is 0. The first kappa shape index (κ1) is 37.1. The molecule has 0 atom stereocenters. The molecule has 0 unspecified atom stereocenters. The zero-order valence-corrected chi connectivity index (χ0v) is 35.4. The van der Waals surface area contributed by atoms with Crippen molar-refractivity contribution in [1.29, 1.82) is 0 Å². The maximum Gasteiger partial charge on any atom is 0.137 e. The Balaban J connectivity index is 1.13. The van der Waals surface area contributed by atoms with Crippen LogP contribution < -0.4 is 0 Å². The summed E-state index contributed by atoms with van der Waals surface area (Å²) in [6, 6.07) is 36.4. The molecule has 0 spiro atoms. The lowest BCUT2D eigenvalue weighted by atomic mass is 9.85. The first-order valence-corrected chi connectivity index (χ1v) is 20.4. The van der Waals surface area contributed by atoms with Gasteiger partial charge in [0, 0.05) is 43.7 Å². The van der Waals surface area contributed by atoms with Crippen molar-refractivity contribution in [2.24, 2.45) is 0 Å². The summed E-state index contributed by atoms with van der Waals surface area (Å²) in [5, 5.41) is 5.08. The summed E-state index contributed by atoms with van der Waals surface area (Å²) in [6.45, 7) is 27.4. The van der Waals surface area contributed by atoms with E-state index in [0.717, 1.165) is 21.4 Å². The van der Waals surface area contributed by atoms with Crippen molar-refractivity contribution in [2.45, 2.75) is 115 Å². The standard InChI is InChI=1S/C50H54N4S/c1-47(2,3)31-13-19-41-37(25-31)38-26-32(48(4,5)6)14-20-42(38)53(41)45-23-17-35(29-51-45)55-36-18-24-46(52-30-36)54-43-21-15-33(49(7,8)9)27-39(43)40-28-34(50(10,11)12)16-22-44(40)54/h13-30H,1-12H3. The van der Waals surface area contributed by atoms with E-state index >= 15 is 0 Å². The number of nitrogens with zero attached hydrogens (tertiary/aromatic N) is 4. The van der Waals surface area contributed by atoms with Gasteiger partial charge in [-0.05, 0) is 117 Å². The Labute approximate surface area is 331 Å². The molecule has 0 saturated heterocycles. The Kier molecular flexibility index (Phi) is 8.66. The summed E-state index contributed by atoms with van der Waals surface area (Å²) < 4.78 is 4.63. The second-order valence-electron chi connectivity index (χ2n) is 19.4. The Morgan fingerprint density at radius 1 is 0.364 bits per heavy atom. The molecule has 8 aromatic rings. The average Bonchev–Trinajstić information content (AvgIpc) is 3.62. The van der Waals surface area contributed by atoms with Crippen molar-refractivity contribution < 1.29 is 0 Å². The third kappa shape index (κ3) is 6.75. The van der Waals surface area contributed by atoms with Gasteiger partial charge in [-0.3, -0.25) is 9.13 Å². The van der Waals surface area contributed by atoms with Crippen LogP contribution in [0.2, 0.25) is 0 Å². The molecule has 5 heteroatoms. The van der Waals surface area contributed by atoms with E-state index in [-0.39, 0.29) is 21.7 Å². The lowest BCUT2D eigenvalue weighted by Gasteiger charge is -2.19. The fourth-order valence-electron chi connectivity index (χ4n) is 7.67. The van der Waals surface area contributed by atoms with Crippen LogP contribution in [-0.4, -0.2) is 19.1 Å². The van der Waals surface area contributed by atoms with Crippen LogP contribution in [0.4, 0.5) is 0 Å². The van der Waals surface area contributed by atoms with E-state index in [1.807, 2.05) is 12.4 Å². The SMILES string of the molecule is CC(C)(C)c1ccc2c(c1)c1cc(C(C)(C)C)ccc1n2-c1ccc(Sc2ccc(-n3c4ccc(C(C)(C)C)cc4c4cc(C(C)(C)C)ccc43)nc2)cn1. The predicted octanol–water partition coefficient (Wildman–Crippen LogP) is 14.0. The van der Waals surface area contributed by atoms with Gasteiger partial charge in [0.15, 0.2) is 0 Å². The number of benzene rings is 4. The first-order chi connectivity index (χ1) is 25.8. The van der Waals surface area contributed by atoms with Crippen molar-refractivity contribution >= 4 is 55.4 Å². The van der Waals surface area contributed by atoms with E-state index < -0.39 is 0 Å². The minimum Gasteiger partial charge on any atom is -0.294 e. The summed E-state index contributed by atoms with van der Waals surface area (Å²) in [6.07, 6.45) is 3.98. The van der Waals surface area contributed by atoms with Gasteiger partial charge in [0.05, 0.1) is 22.1 Å². The Morgan fingerprint density at radius 3 is 0.855 bits per heavy atom. The number of rotatable bonds is 4. The molecule has 0 aliphatic rings. The highest BCUT2D eigenvalue weighted by Gasteiger charge is 2.23. The van der Waals surface area contributed by atoms with Crippen LogP contribution in [0.25, 0.3) is 55.2 Å². The third-order valence-electron chi connectivity index (χ3n) is 11.1. The van der Waals surface area contributed by atoms with Gasteiger partial charge in [-0.15, -0.1) is 0 Å². The van der Waals surface area contributed by atoms with Gasteiger partial charge in [-0.25, -0.2) is 9.97 Å². The summed E-state index contributed by atoms with van der Waals surface area (Å²) in [5.74, 6) is 1.83. The summed E-state index contributed by atoms with van der Waals surface area (Å²) in [4.78, 5) is 12.3. The molecule has 0 aliphatic heterocycles. The molecule has 0 fully saturated rings. The van der Waals surface area contributed by atoms with E-state index in [1.165, 1.54) is 65.9 Å². The van der Waals surface area contributed by atoms with Crippen molar-refractivity contribution in [2.75, 3.05) is 0 Å². The van der Waals surface area contributed by atoms with Gasteiger partial charge >= 0.3 is 0 Å². The predicted molar refractivity (Wildman–Crippen MR) is 236 cm³/mol. The molecule has 0 N–H and O–H groups in total. The van der Waals surface area contributed by atoms with Gasteiger partial charge < -0.3 is 0 Å². The van der Waals surface area contributed by atoms with Crippen molar-refractivity contribution in [1.82, 2.24) is 19.1 Å². The lowest BCUT2D eigenvalue weighted by Crippen LogP contribution is -2.10. The van der Waals surface area contributed by atoms with E-state index in [9.17, 15) is 0 Å². The van der Waals surface area contributed by atoms with Crippen LogP contribution >= 0.6 is 11.8 Å². The molecule has 0 saturated carbocycles. The molecule has 4 aromatic carbocycles. The maximum atomic E-state index is 5.05. The number of pyridine rings is 2. The molecule has 0 amide bonds. The molecule has 4 heterocycles. The van der Waals surface area contributed by atoms with Crippen molar-refractivity contribution in [3.05, 3.63) is 132 Å². The molecule has 4 aromatic heterocycles. The van der Waals surface area contributed by atoms with Gasteiger partial charge in [-0.1, -0.05) is 119 Å². The second kappa shape index (κ2) is 12.8. The van der Waals surface area contributed by atoms with Crippen LogP contribution in [-0.2, 0) is 21.7 Å². The van der Waals surface area contributed by atoms with Crippen LogP contribution in [0, 0.1) is 0 Å². The van der Waals surface area contributed by atoms with Crippen LogP contribution in [0.3, 0.4) is 0 Å². The Morgan fingerprint density at radius 2 is 0.636 bits per heavy atom. The number of fused-ring (bicyclic) bond motifs is 6. The van der Waals surface area contributed by atoms with E-state index in [0.29, 0.717) is 0 Å². The number of hydrogen-bond acceptors (Lipinski definition) is 3. The molecule has 0 bridgehead atoms. The van der Waals surface area contributed by atoms with E-state index in [2.05, 4.69) is 189 Å². The first-order valence-electron chi connectivity index (χ1n) is 19.6. The van der Waals surface area contributed by atoms with E-state index in [1.54, 1.807) is 11.8 Å². The minimum absolute atomic E-state index is 0.0597. The molecule has 55 heavy (non-hydrogen) atoms. The third-order valence-corrected chi connectivity index (χ3v) is 12.1. The van der Waals surface area contributed by atoms with E-state index in [4.69, 9.17) is 9.97 Å². The Bertz CT molecular complexity index is 2400. The minimum atomic E-state index is 0.0597. The molecular weight excluding hydrogens is 689 g/mol. The highest BCUT2D eigenvalue weighted by molar-refractivity contribution is 7.99. The lowest BCUT2D eigenvalue weighted by molar-refractivity contribution is 0.590. The quantitative estimate of drug-likeness (QED) is 0.180. The zero-order valence-electron chi connectivity index (χ0n) is 34.6. The normalized spacial score (nSPS) is 13.2. The fraction of sp³-hybridized carbons (Fsp3) is 0.320. The second-order valence-corrected chi connectivity index (χ2v) is 20.6. The molecular formula is C50H54N4S. The summed E-state index contributed by atoms with van der Waals surface area (Å²) in [5.41, 5.74) is 10.3. The van der Waals surface area contributed by atoms with Gasteiger partial charge in [0.25, 0.3) is 0 Å². The Hall–Kier alpha value is -4.87. The highest BCUT2D eigenvalue weighted by atomic mass is 32.2. The molecule has 0 radical (unpaired) electrons.